The molecule has 0 fully saturated rings. The molecule has 0 bridgehead atoms. The van der Waals surface area contributed by atoms with Crippen LogP contribution in [-0.4, -0.2) is 25.0 Å². The first kappa shape index (κ1) is 11.2. The molecule has 0 aromatic rings. The van der Waals surface area contributed by atoms with Crippen molar-refractivity contribution < 1.29 is 4.79 Å². The smallest absolute Gasteiger partial charge is 0.223 e. The summed E-state index contributed by atoms with van der Waals surface area (Å²) >= 11 is 0. The third kappa shape index (κ3) is 7.28. The number of hydrogen-bond acceptors (Lipinski definition) is 2. The highest BCUT2D eigenvalue weighted by atomic mass is 16.1. The van der Waals surface area contributed by atoms with E-state index in [4.69, 9.17) is 0 Å². The number of rotatable bonds is 6. The molecule has 0 aliphatic heterocycles. The van der Waals surface area contributed by atoms with Crippen LogP contribution in [0.25, 0.3) is 0 Å². The van der Waals surface area contributed by atoms with Crippen molar-refractivity contribution in [2.75, 3.05) is 13.1 Å². The van der Waals surface area contributed by atoms with E-state index in [-0.39, 0.29) is 5.91 Å². The Labute approximate surface area is 74.2 Å². The van der Waals surface area contributed by atoms with Gasteiger partial charge in [-0.2, -0.15) is 0 Å². The molecule has 0 unspecified atom stereocenters. The van der Waals surface area contributed by atoms with Gasteiger partial charge in [-0.1, -0.05) is 19.9 Å². The second-order valence-electron chi connectivity index (χ2n) is 2.95. The van der Waals surface area contributed by atoms with E-state index in [0.717, 1.165) is 6.54 Å². The molecule has 0 aromatic carbocycles. The summed E-state index contributed by atoms with van der Waals surface area (Å²) in [5.41, 5.74) is 0. The summed E-state index contributed by atoms with van der Waals surface area (Å²) in [7, 11) is 0. The first-order valence-electron chi connectivity index (χ1n) is 4.27. The van der Waals surface area contributed by atoms with Crippen molar-refractivity contribution in [2.24, 2.45) is 0 Å². The summed E-state index contributed by atoms with van der Waals surface area (Å²) in [6.45, 7) is 9.14. The van der Waals surface area contributed by atoms with Gasteiger partial charge in [0.2, 0.25) is 5.91 Å². The summed E-state index contributed by atoms with van der Waals surface area (Å²) in [5, 5.41) is 5.97. The van der Waals surface area contributed by atoms with Gasteiger partial charge in [-0.25, -0.2) is 0 Å². The average molecular weight is 170 g/mol. The normalized spacial score (nSPS) is 9.92. The molecule has 0 saturated heterocycles. The van der Waals surface area contributed by atoms with Crippen molar-refractivity contribution >= 4 is 5.91 Å². The second-order valence-corrected chi connectivity index (χ2v) is 2.95. The minimum Gasteiger partial charge on any atom is -0.355 e. The summed E-state index contributed by atoms with van der Waals surface area (Å²) in [4.78, 5) is 10.9. The molecule has 2 N–H and O–H groups in total. The second kappa shape index (κ2) is 6.85. The van der Waals surface area contributed by atoms with Crippen LogP contribution in [0.2, 0.25) is 0 Å². The van der Waals surface area contributed by atoms with Crippen LogP contribution in [-0.2, 0) is 4.79 Å². The number of carbonyl (C=O) groups is 1. The molecular formula is C9H18N2O. The fourth-order valence-corrected chi connectivity index (χ4v) is 0.766. The maximum atomic E-state index is 10.9. The van der Waals surface area contributed by atoms with Gasteiger partial charge in [0.05, 0.1) is 0 Å². The molecule has 0 spiro atoms. The molecule has 0 saturated carbocycles. The lowest BCUT2D eigenvalue weighted by Gasteiger charge is -2.08. The molecule has 0 aliphatic rings. The van der Waals surface area contributed by atoms with Gasteiger partial charge in [-0.05, 0) is 0 Å². The van der Waals surface area contributed by atoms with Crippen LogP contribution in [0.1, 0.15) is 20.3 Å². The molecule has 12 heavy (non-hydrogen) atoms. The predicted molar refractivity (Wildman–Crippen MR) is 51.0 cm³/mol. The highest BCUT2D eigenvalue weighted by Gasteiger charge is 1.96. The quantitative estimate of drug-likeness (QED) is 0.454. The SMILES string of the molecule is C=CCC(=O)NCCNC(C)C. The zero-order chi connectivity index (χ0) is 9.40. The summed E-state index contributed by atoms with van der Waals surface area (Å²) in [5.74, 6) is 0.0376. The third-order valence-electron chi connectivity index (χ3n) is 1.33. The van der Waals surface area contributed by atoms with Crippen LogP contribution in [0.4, 0.5) is 0 Å². The molecule has 0 aliphatic carbocycles. The van der Waals surface area contributed by atoms with E-state index in [1.54, 1.807) is 6.08 Å². The van der Waals surface area contributed by atoms with E-state index in [1.807, 2.05) is 0 Å². The van der Waals surface area contributed by atoms with Gasteiger partial charge in [0.15, 0.2) is 0 Å². The summed E-state index contributed by atoms with van der Waals surface area (Å²) < 4.78 is 0. The van der Waals surface area contributed by atoms with E-state index < -0.39 is 0 Å². The Morgan fingerprint density at radius 3 is 2.67 bits per heavy atom. The van der Waals surface area contributed by atoms with E-state index in [2.05, 4.69) is 31.1 Å². The van der Waals surface area contributed by atoms with E-state index in [0.29, 0.717) is 19.0 Å². The molecular weight excluding hydrogens is 152 g/mol. The monoisotopic (exact) mass is 170 g/mol. The maximum absolute atomic E-state index is 10.9. The summed E-state index contributed by atoms with van der Waals surface area (Å²) in [6, 6.07) is 0.473. The minimum absolute atomic E-state index is 0.0376. The molecule has 0 atom stereocenters. The van der Waals surface area contributed by atoms with Crippen LogP contribution < -0.4 is 10.6 Å². The Kier molecular flexibility index (Phi) is 6.38. The molecule has 3 nitrogen and oxygen atoms in total. The highest BCUT2D eigenvalue weighted by molar-refractivity contribution is 5.77. The summed E-state index contributed by atoms with van der Waals surface area (Å²) in [6.07, 6.45) is 2.01. The van der Waals surface area contributed by atoms with Gasteiger partial charge in [-0.15, -0.1) is 6.58 Å². The fraction of sp³-hybridized carbons (Fsp3) is 0.667. The van der Waals surface area contributed by atoms with Crippen LogP contribution in [0, 0.1) is 0 Å². The zero-order valence-electron chi connectivity index (χ0n) is 7.89. The fourth-order valence-electron chi connectivity index (χ4n) is 0.766. The molecule has 0 radical (unpaired) electrons. The largest absolute Gasteiger partial charge is 0.355 e. The topological polar surface area (TPSA) is 41.1 Å². The molecule has 0 heterocycles. The Morgan fingerprint density at radius 1 is 1.50 bits per heavy atom. The van der Waals surface area contributed by atoms with E-state index in [9.17, 15) is 4.79 Å². The van der Waals surface area contributed by atoms with Gasteiger partial charge in [0.1, 0.15) is 0 Å². The number of carbonyl (C=O) groups excluding carboxylic acids is 1. The first-order valence-corrected chi connectivity index (χ1v) is 4.27. The van der Waals surface area contributed by atoms with Crippen LogP contribution in [0.5, 0.6) is 0 Å². The Balaban J connectivity index is 3.19. The molecule has 1 amide bonds. The average Bonchev–Trinajstić information content (AvgIpc) is 1.98. The van der Waals surface area contributed by atoms with Gasteiger partial charge < -0.3 is 10.6 Å². The standard InChI is InChI=1S/C9H18N2O/c1-4-5-9(12)11-7-6-10-8(2)3/h4,8,10H,1,5-7H2,2-3H3,(H,11,12). The van der Waals surface area contributed by atoms with Crippen molar-refractivity contribution in [3.8, 4) is 0 Å². The molecule has 0 aromatic heterocycles. The predicted octanol–water partition coefficient (Wildman–Crippen LogP) is 0.677. The number of hydrogen-bond donors (Lipinski definition) is 2. The first-order chi connectivity index (χ1) is 5.66. The molecule has 3 heteroatoms. The third-order valence-corrected chi connectivity index (χ3v) is 1.33. The van der Waals surface area contributed by atoms with Crippen LogP contribution in [0.3, 0.4) is 0 Å². The Hall–Kier alpha value is -0.830. The maximum Gasteiger partial charge on any atom is 0.223 e. The van der Waals surface area contributed by atoms with Crippen molar-refractivity contribution in [3.63, 3.8) is 0 Å². The Bertz CT molecular complexity index is 143. The van der Waals surface area contributed by atoms with E-state index >= 15 is 0 Å². The van der Waals surface area contributed by atoms with Gasteiger partial charge in [0.25, 0.3) is 0 Å². The number of nitrogens with one attached hydrogen (secondary N) is 2. The molecule has 0 rings (SSSR count). The van der Waals surface area contributed by atoms with Crippen LogP contribution >= 0.6 is 0 Å². The Morgan fingerprint density at radius 2 is 2.17 bits per heavy atom. The van der Waals surface area contributed by atoms with Gasteiger partial charge in [-0.3, -0.25) is 4.79 Å². The van der Waals surface area contributed by atoms with Crippen molar-refractivity contribution in [2.45, 2.75) is 26.3 Å². The van der Waals surface area contributed by atoms with Crippen LogP contribution in [0.15, 0.2) is 12.7 Å². The highest BCUT2D eigenvalue weighted by Crippen LogP contribution is 1.78. The van der Waals surface area contributed by atoms with Gasteiger partial charge >= 0.3 is 0 Å². The van der Waals surface area contributed by atoms with E-state index in [1.165, 1.54) is 0 Å². The lowest BCUT2D eigenvalue weighted by molar-refractivity contribution is -0.120. The lowest BCUT2D eigenvalue weighted by atomic mass is 10.4. The van der Waals surface area contributed by atoms with Gasteiger partial charge in [0, 0.05) is 25.6 Å². The minimum atomic E-state index is 0.0376. The number of amides is 1. The lowest BCUT2D eigenvalue weighted by Crippen LogP contribution is -2.34. The van der Waals surface area contributed by atoms with Crippen molar-refractivity contribution in [1.29, 1.82) is 0 Å². The van der Waals surface area contributed by atoms with Crippen molar-refractivity contribution in [3.05, 3.63) is 12.7 Å². The van der Waals surface area contributed by atoms with Crippen molar-refractivity contribution in [1.82, 2.24) is 10.6 Å². The zero-order valence-corrected chi connectivity index (χ0v) is 7.89. The molecule has 70 valence electrons.